The third-order valence-electron chi connectivity index (χ3n) is 5.47. The molecule has 0 aliphatic carbocycles. The molecule has 1 aromatic heterocycles. The molecule has 32 heavy (non-hydrogen) atoms. The van der Waals surface area contributed by atoms with Gasteiger partial charge in [0.1, 0.15) is 0 Å². The van der Waals surface area contributed by atoms with Gasteiger partial charge in [0.15, 0.2) is 5.16 Å². The fraction of sp³-hybridized carbons (Fsp3) is 0.400. The first-order valence-electron chi connectivity index (χ1n) is 11.1. The molecule has 1 atom stereocenters. The number of ether oxygens (including phenoxy) is 1. The van der Waals surface area contributed by atoms with Crippen LogP contribution in [0.15, 0.2) is 58.5 Å². The molecule has 1 N–H and O–H groups in total. The van der Waals surface area contributed by atoms with Crippen LogP contribution in [0.4, 0.5) is 0 Å². The van der Waals surface area contributed by atoms with Gasteiger partial charge in [-0.15, -0.1) is 0 Å². The summed E-state index contributed by atoms with van der Waals surface area (Å²) in [5.41, 5.74) is 2.14. The highest BCUT2D eigenvalue weighted by molar-refractivity contribution is 7.98. The van der Waals surface area contributed by atoms with E-state index < -0.39 is 0 Å². The largest absolute Gasteiger partial charge is 0.376 e. The summed E-state index contributed by atoms with van der Waals surface area (Å²) in [5.74, 6) is 0.923. The minimum atomic E-state index is -0.149. The molecule has 0 spiro atoms. The van der Waals surface area contributed by atoms with E-state index in [9.17, 15) is 9.59 Å². The maximum absolute atomic E-state index is 13.4. The molecular formula is C25H29N3O3S. The van der Waals surface area contributed by atoms with E-state index in [1.165, 1.54) is 11.8 Å². The van der Waals surface area contributed by atoms with Crippen LogP contribution in [-0.2, 0) is 17.0 Å². The normalized spacial score (nSPS) is 16.0. The first kappa shape index (κ1) is 22.6. The zero-order valence-electron chi connectivity index (χ0n) is 18.5. The molecule has 1 fully saturated rings. The van der Waals surface area contributed by atoms with Gasteiger partial charge >= 0.3 is 0 Å². The summed E-state index contributed by atoms with van der Waals surface area (Å²) in [6.07, 6.45) is 1.99. The number of carbonyl (C=O) groups excluding carboxylic acids is 1. The van der Waals surface area contributed by atoms with Crippen molar-refractivity contribution in [3.63, 3.8) is 0 Å². The van der Waals surface area contributed by atoms with Crippen molar-refractivity contribution in [1.29, 1.82) is 0 Å². The Kier molecular flexibility index (Phi) is 7.27. The van der Waals surface area contributed by atoms with Crippen LogP contribution in [0.2, 0.25) is 0 Å². The summed E-state index contributed by atoms with van der Waals surface area (Å²) in [6.45, 7) is 5.94. The molecule has 0 unspecified atom stereocenters. The smallest absolute Gasteiger partial charge is 0.262 e. The lowest BCUT2D eigenvalue weighted by Gasteiger charge is -2.17. The first-order valence-corrected chi connectivity index (χ1v) is 12.1. The average Bonchev–Trinajstić information content (AvgIpc) is 3.32. The van der Waals surface area contributed by atoms with Crippen LogP contribution in [0.25, 0.3) is 10.9 Å². The predicted molar refractivity (Wildman–Crippen MR) is 128 cm³/mol. The summed E-state index contributed by atoms with van der Waals surface area (Å²) < 4.78 is 7.53. The summed E-state index contributed by atoms with van der Waals surface area (Å²) in [7, 11) is 0. The SMILES string of the molecule is CC(C)CNC(=O)c1ccc2c(=O)n(C[C@@H]3CCCO3)c(SCc3ccccc3)nc2c1. The fourth-order valence-corrected chi connectivity index (χ4v) is 4.69. The number of carbonyl (C=O) groups is 1. The highest BCUT2D eigenvalue weighted by atomic mass is 32.2. The Hall–Kier alpha value is -2.64. The minimum absolute atomic E-state index is 0.0316. The number of thioether (sulfide) groups is 1. The number of nitrogens with one attached hydrogen (secondary N) is 1. The van der Waals surface area contributed by atoms with E-state index in [1.54, 1.807) is 22.8 Å². The van der Waals surface area contributed by atoms with Crippen LogP contribution in [-0.4, -0.2) is 34.7 Å². The molecule has 0 bridgehead atoms. The van der Waals surface area contributed by atoms with Crippen molar-refractivity contribution in [2.24, 2.45) is 5.92 Å². The number of aromatic nitrogens is 2. The van der Waals surface area contributed by atoms with Crippen molar-refractivity contribution in [2.75, 3.05) is 13.2 Å². The van der Waals surface area contributed by atoms with E-state index in [0.29, 0.717) is 46.4 Å². The van der Waals surface area contributed by atoms with Crippen molar-refractivity contribution >= 4 is 28.6 Å². The molecule has 2 aromatic carbocycles. The third kappa shape index (κ3) is 5.40. The standard InChI is InChI=1S/C25H29N3O3S/c1-17(2)14-26-23(29)19-10-11-21-22(13-19)27-25(32-16-18-7-4-3-5-8-18)28(24(21)30)15-20-9-6-12-31-20/h3-5,7-8,10-11,13,17,20H,6,9,12,14-16H2,1-2H3,(H,26,29)/t20-/m0/s1. The molecule has 168 valence electrons. The molecule has 6 nitrogen and oxygen atoms in total. The maximum Gasteiger partial charge on any atom is 0.262 e. The molecule has 0 radical (unpaired) electrons. The van der Waals surface area contributed by atoms with Gasteiger partial charge in [-0.1, -0.05) is 55.9 Å². The van der Waals surface area contributed by atoms with Gasteiger partial charge in [0.05, 0.1) is 23.6 Å². The number of fused-ring (bicyclic) bond motifs is 1. The number of rotatable bonds is 8. The van der Waals surface area contributed by atoms with E-state index in [2.05, 4.69) is 31.3 Å². The molecule has 1 amide bonds. The third-order valence-corrected chi connectivity index (χ3v) is 6.52. The number of hydrogen-bond donors (Lipinski definition) is 1. The molecule has 1 saturated heterocycles. The fourth-order valence-electron chi connectivity index (χ4n) is 3.73. The van der Waals surface area contributed by atoms with Gasteiger partial charge in [-0.3, -0.25) is 14.2 Å². The second-order valence-corrected chi connectivity index (χ2v) is 9.50. The molecule has 3 aromatic rings. The van der Waals surface area contributed by atoms with Crippen molar-refractivity contribution in [3.8, 4) is 0 Å². The first-order chi connectivity index (χ1) is 15.5. The summed E-state index contributed by atoms with van der Waals surface area (Å²) in [6, 6.07) is 15.3. The van der Waals surface area contributed by atoms with Gasteiger partial charge in [-0.25, -0.2) is 4.98 Å². The van der Waals surface area contributed by atoms with Crippen molar-refractivity contribution < 1.29 is 9.53 Å². The van der Waals surface area contributed by atoms with Gasteiger partial charge in [-0.05, 0) is 42.5 Å². The van der Waals surface area contributed by atoms with E-state index in [-0.39, 0.29) is 17.6 Å². The average molecular weight is 452 g/mol. The summed E-state index contributed by atoms with van der Waals surface area (Å²) in [4.78, 5) is 30.7. The highest BCUT2D eigenvalue weighted by Gasteiger charge is 2.21. The van der Waals surface area contributed by atoms with Gasteiger partial charge < -0.3 is 10.1 Å². The Morgan fingerprint density at radius 2 is 2.06 bits per heavy atom. The van der Waals surface area contributed by atoms with Gasteiger partial charge in [-0.2, -0.15) is 0 Å². The Morgan fingerprint density at radius 1 is 1.25 bits per heavy atom. The molecule has 2 heterocycles. The van der Waals surface area contributed by atoms with Crippen LogP contribution in [0.5, 0.6) is 0 Å². The van der Waals surface area contributed by atoms with E-state index >= 15 is 0 Å². The quantitative estimate of drug-likeness (QED) is 0.409. The van der Waals surface area contributed by atoms with Crippen molar-refractivity contribution in [3.05, 3.63) is 70.0 Å². The molecule has 1 aliphatic rings. The van der Waals surface area contributed by atoms with Crippen LogP contribution < -0.4 is 10.9 Å². The molecular weight excluding hydrogens is 422 g/mol. The zero-order valence-corrected chi connectivity index (χ0v) is 19.4. The lowest BCUT2D eigenvalue weighted by molar-refractivity contribution is 0.0937. The van der Waals surface area contributed by atoms with Crippen LogP contribution in [0.3, 0.4) is 0 Å². The maximum atomic E-state index is 13.4. The van der Waals surface area contributed by atoms with Crippen LogP contribution >= 0.6 is 11.8 Å². The molecule has 1 aliphatic heterocycles. The Balaban J connectivity index is 1.68. The van der Waals surface area contributed by atoms with Gasteiger partial charge in [0, 0.05) is 24.5 Å². The van der Waals surface area contributed by atoms with Gasteiger partial charge in [0.2, 0.25) is 0 Å². The van der Waals surface area contributed by atoms with Crippen molar-refractivity contribution in [2.45, 2.75) is 50.2 Å². The van der Waals surface area contributed by atoms with E-state index in [0.717, 1.165) is 25.0 Å². The topological polar surface area (TPSA) is 73.2 Å². The summed E-state index contributed by atoms with van der Waals surface area (Å²) >= 11 is 1.54. The monoisotopic (exact) mass is 451 g/mol. The van der Waals surface area contributed by atoms with Crippen LogP contribution in [0.1, 0.15) is 42.6 Å². The second-order valence-electron chi connectivity index (χ2n) is 8.56. The van der Waals surface area contributed by atoms with Gasteiger partial charge in [0.25, 0.3) is 11.5 Å². The van der Waals surface area contributed by atoms with Crippen LogP contribution in [0, 0.1) is 5.92 Å². The van der Waals surface area contributed by atoms with E-state index in [4.69, 9.17) is 9.72 Å². The zero-order chi connectivity index (χ0) is 22.5. The molecule has 4 rings (SSSR count). The summed E-state index contributed by atoms with van der Waals surface area (Å²) in [5, 5.41) is 4.10. The second kappa shape index (κ2) is 10.3. The number of nitrogens with zero attached hydrogens (tertiary/aromatic N) is 2. The highest BCUT2D eigenvalue weighted by Crippen LogP contribution is 2.24. The predicted octanol–water partition coefficient (Wildman–Crippen LogP) is 4.25. The minimum Gasteiger partial charge on any atom is -0.376 e. The Bertz CT molecular complexity index is 1140. The Labute approximate surface area is 192 Å². The lowest BCUT2D eigenvalue weighted by atomic mass is 10.1. The van der Waals surface area contributed by atoms with E-state index in [1.807, 2.05) is 18.2 Å². The molecule has 0 saturated carbocycles. The Morgan fingerprint density at radius 3 is 2.78 bits per heavy atom. The number of amides is 1. The lowest BCUT2D eigenvalue weighted by Crippen LogP contribution is -2.29. The number of benzene rings is 2. The number of hydrogen-bond acceptors (Lipinski definition) is 5. The van der Waals surface area contributed by atoms with Crippen molar-refractivity contribution in [1.82, 2.24) is 14.9 Å². The molecule has 7 heteroatoms.